The van der Waals surface area contributed by atoms with Crippen LogP contribution in [0.3, 0.4) is 0 Å². The molecule has 0 bridgehead atoms. The van der Waals surface area contributed by atoms with Crippen molar-refractivity contribution in [3.63, 3.8) is 0 Å². The number of carbonyl (C=O) groups is 4. The monoisotopic (exact) mass is 427 g/mol. The summed E-state index contributed by atoms with van der Waals surface area (Å²) in [5.41, 5.74) is 1.81. The lowest BCUT2D eigenvalue weighted by atomic mass is 10.1. The SMILES string of the molecule is CN1C(=O)c2cc(NC(=O)CN3C(=O)c4ccccc4C3=O)ccc2Oc2ccccc21. The van der Waals surface area contributed by atoms with Gasteiger partial charge in [0.15, 0.2) is 5.75 Å². The Morgan fingerprint density at radius 1 is 0.812 bits per heavy atom. The van der Waals surface area contributed by atoms with Crippen molar-refractivity contribution in [1.29, 1.82) is 0 Å². The van der Waals surface area contributed by atoms with Crippen molar-refractivity contribution in [1.82, 2.24) is 4.90 Å². The molecule has 32 heavy (non-hydrogen) atoms. The van der Waals surface area contributed by atoms with Gasteiger partial charge in [-0.3, -0.25) is 24.1 Å². The predicted octanol–water partition coefficient (Wildman–Crippen LogP) is 3.30. The molecule has 0 radical (unpaired) electrons. The van der Waals surface area contributed by atoms with Crippen molar-refractivity contribution in [3.8, 4) is 11.5 Å². The number of rotatable bonds is 3. The molecule has 2 heterocycles. The summed E-state index contributed by atoms with van der Waals surface area (Å²) in [5.74, 6) is -0.953. The maximum absolute atomic E-state index is 13.0. The molecule has 0 fully saturated rings. The van der Waals surface area contributed by atoms with Gasteiger partial charge in [0.25, 0.3) is 17.7 Å². The summed E-state index contributed by atoms with van der Waals surface area (Å²) in [5, 5.41) is 2.65. The first-order valence-corrected chi connectivity index (χ1v) is 9.88. The highest BCUT2D eigenvalue weighted by Gasteiger charge is 2.36. The number of para-hydroxylation sites is 2. The Labute approximate surface area is 183 Å². The first kappa shape index (κ1) is 19.5. The van der Waals surface area contributed by atoms with E-state index in [1.807, 2.05) is 12.1 Å². The first-order valence-electron chi connectivity index (χ1n) is 9.88. The fraction of sp³-hybridized carbons (Fsp3) is 0.0833. The number of fused-ring (bicyclic) bond motifs is 3. The number of hydrogen-bond donors (Lipinski definition) is 1. The predicted molar refractivity (Wildman–Crippen MR) is 116 cm³/mol. The summed E-state index contributed by atoms with van der Waals surface area (Å²) in [6.07, 6.45) is 0. The second-order valence-electron chi connectivity index (χ2n) is 7.44. The van der Waals surface area contributed by atoms with Gasteiger partial charge in [0.1, 0.15) is 12.3 Å². The van der Waals surface area contributed by atoms with Crippen molar-refractivity contribution in [2.75, 3.05) is 23.8 Å². The first-order chi connectivity index (χ1) is 15.4. The van der Waals surface area contributed by atoms with Gasteiger partial charge in [0, 0.05) is 12.7 Å². The molecule has 5 rings (SSSR count). The summed E-state index contributed by atoms with van der Waals surface area (Å²) in [4.78, 5) is 52.9. The third kappa shape index (κ3) is 3.09. The molecule has 0 atom stereocenters. The minimum absolute atomic E-state index is 0.278. The standard InChI is InChI=1S/C24H17N3O5/c1-26-18-8-4-5-9-20(18)32-19-11-10-14(12-17(19)22(26)29)25-21(28)13-27-23(30)15-6-2-3-7-16(15)24(27)31/h2-12H,13H2,1H3,(H,25,28). The minimum Gasteiger partial charge on any atom is -0.454 e. The topological polar surface area (TPSA) is 96.0 Å². The molecule has 0 unspecified atom stereocenters. The number of amides is 4. The van der Waals surface area contributed by atoms with Crippen LogP contribution in [0.5, 0.6) is 11.5 Å². The molecule has 0 aliphatic carbocycles. The quantitative estimate of drug-likeness (QED) is 0.647. The van der Waals surface area contributed by atoms with Crippen molar-refractivity contribution in [3.05, 3.63) is 83.4 Å². The number of carbonyl (C=O) groups excluding carboxylic acids is 4. The maximum Gasteiger partial charge on any atom is 0.262 e. The number of ether oxygens (including phenoxy) is 1. The molecule has 3 aromatic carbocycles. The number of nitrogens with one attached hydrogen (secondary N) is 1. The van der Waals surface area contributed by atoms with Crippen LogP contribution >= 0.6 is 0 Å². The third-order valence-corrected chi connectivity index (χ3v) is 5.42. The average molecular weight is 427 g/mol. The molecule has 8 heteroatoms. The van der Waals surface area contributed by atoms with Crippen molar-refractivity contribution in [2.24, 2.45) is 0 Å². The van der Waals surface area contributed by atoms with Crippen molar-refractivity contribution < 1.29 is 23.9 Å². The van der Waals surface area contributed by atoms with Gasteiger partial charge in [0.05, 0.1) is 22.4 Å². The summed E-state index contributed by atoms with van der Waals surface area (Å²) in [6, 6.07) is 18.3. The molecule has 2 aliphatic heterocycles. The van der Waals surface area contributed by atoms with Crippen LogP contribution < -0.4 is 15.0 Å². The van der Waals surface area contributed by atoms with Crippen LogP contribution in [-0.4, -0.2) is 42.1 Å². The normalized spacial score (nSPS) is 14.3. The Balaban J connectivity index is 1.36. The second kappa shape index (κ2) is 7.35. The molecule has 0 aromatic heterocycles. The Kier molecular flexibility index (Phi) is 4.48. The van der Waals surface area contributed by atoms with Crippen LogP contribution in [0.15, 0.2) is 66.7 Å². The maximum atomic E-state index is 13.0. The van der Waals surface area contributed by atoms with Crippen LogP contribution in [0.4, 0.5) is 11.4 Å². The fourth-order valence-corrected chi connectivity index (χ4v) is 3.82. The number of imide groups is 1. The summed E-state index contributed by atoms with van der Waals surface area (Å²) in [7, 11) is 1.65. The number of nitrogens with zero attached hydrogens (tertiary/aromatic N) is 2. The summed E-state index contributed by atoms with van der Waals surface area (Å²) >= 11 is 0. The smallest absolute Gasteiger partial charge is 0.262 e. The largest absolute Gasteiger partial charge is 0.454 e. The molecule has 0 saturated carbocycles. The van der Waals surface area contributed by atoms with Crippen molar-refractivity contribution >= 4 is 35.0 Å². The van der Waals surface area contributed by atoms with Gasteiger partial charge < -0.3 is 15.0 Å². The zero-order valence-electron chi connectivity index (χ0n) is 17.0. The number of hydrogen-bond acceptors (Lipinski definition) is 5. The van der Waals surface area contributed by atoms with Crippen LogP contribution in [0.1, 0.15) is 31.1 Å². The van der Waals surface area contributed by atoms with E-state index < -0.39 is 24.3 Å². The van der Waals surface area contributed by atoms with Gasteiger partial charge in [-0.05, 0) is 42.5 Å². The zero-order chi connectivity index (χ0) is 22.4. The van der Waals surface area contributed by atoms with Gasteiger partial charge in [-0.1, -0.05) is 24.3 Å². The molecular weight excluding hydrogens is 410 g/mol. The van der Waals surface area contributed by atoms with E-state index in [9.17, 15) is 19.2 Å². The molecule has 158 valence electrons. The van der Waals surface area contributed by atoms with E-state index in [-0.39, 0.29) is 22.6 Å². The third-order valence-electron chi connectivity index (χ3n) is 5.42. The molecular formula is C24H17N3O5. The lowest BCUT2D eigenvalue weighted by Gasteiger charge is -2.16. The molecule has 4 amide bonds. The molecule has 0 saturated heterocycles. The number of benzene rings is 3. The van der Waals surface area contributed by atoms with Crippen molar-refractivity contribution in [2.45, 2.75) is 0 Å². The Bertz CT molecular complexity index is 1280. The Hall–Kier alpha value is -4.46. The van der Waals surface area contributed by atoms with Gasteiger partial charge in [-0.25, -0.2) is 0 Å². The zero-order valence-corrected chi connectivity index (χ0v) is 17.0. The van der Waals surface area contributed by atoms with Gasteiger partial charge in [0.2, 0.25) is 5.91 Å². The van der Waals surface area contributed by atoms with E-state index in [1.165, 1.54) is 11.0 Å². The molecule has 8 nitrogen and oxygen atoms in total. The van der Waals surface area contributed by atoms with Gasteiger partial charge in [-0.15, -0.1) is 0 Å². The van der Waals surface area contributed by atoms with Crippen LogP contribution in [0, 0.1) is 0 Å². The van der Waals surface area contributed by atoms with E-state index in [0.717, 1.165) is 4.90 Å². The minimum atomic E-state index is -0.557. The van der Waals surface area contributed by atoms with E-state index in [1.54, 1.807) is 55.6 Å². The molecule has 1 N–H and O–H groups in total. The van der Waals surface area contributed by atoms with Crippen LogP contribution in [-0.2, 0) is 4.79 Å². The highest BCUT2D eigenvalue weighted by molar-refractivity contribution is 6.22. The lowest BCUT2D eigenvalue weighted by Crippen LogP contribution is -2.37. The lowest BCUT2D eigenvalue weighted by molar-refractivity contribution is -0.116. The fourth-order valence-electron chi connectivity index (χ4n) is 3.82. The molecule has 0 spiro atoms. The van der Waals surface area contributed by atoms with Gasteiger partial charge >= 0.3 is 0 Å². The number of anilines is 2. The Morgan fingerprint density at radius 2 is 1.47 bits per heavy atom. The van der Waals surface area contributed by atoms with E-state index in [2.05, 4.69) is 5.32 Å². The van der Waals surface area contributed by atoms with E-state index in [4.69, 9.17) is 4.74 Å². The van der Waals surface area contributed by atoms with E-state index in [0.29, 0.717) is 22.9 Å². The molecule has 3 aromatic rings. The van der Waals surface area contributed by atoms with Gasteiger partial charge in [-0.2, -0.15) is 0 Å². The summed E-state index contributed by atoms with van der Waals surface area (Å²) in [6.45, 7) is -0.431. The highest BCUT2D eigenvalue weighted by Crippen LogP contribution is 2.38. The van der Waals surface area contributed by atoms with Crippen LogP contribution in [0.25, 0.3) is 0 Å². The Morgan fingerprint density at radius 3 is 2.19 bits per heavy atom. The second-order valence-corrected chi connectivity index (χ2v) is 7.44. The van der Waals surface area contributed by atoms with E-state index >= 15 is 0 Å². The molecule has 2 aliphatic rings. The summed E-state index contributed by atoms with van der Waals surface area (Å²) < 4.78 is 5.90. The van der Waals surface area contributed by atoms with Crippen LogP contribution in [0.2, 0.25) is 0 Å². The highest BCUT2D eigenvalue weighted by atomic mass is 16.5. The average Bonchev–Trinajstić information content (AvgIpc) is 2.98.